The summed E-state index contributed by atoms with van der Waals surface area (Å²) in [7, 11) is 0. The molecule has 0 aliphatic carbocycles. The number of aromatic amines is 1. The van der Waals surface area contributed by atoms with Crippen LogP contribution < -0.4 is 0 Å². The summed E-state index contributed by atoms with van der Waals surface area (Å²) >= 11 is 0. The normalized spacial score (nSPS) is 21.3. The molecule has 0 amide bonds. The minimum Gasteiger partial charge on any atom is -0.467 e. The second-order valence-electron chi connectivity index (χ2n) is 4.64. The van der Waals surface area contributed by atoms with Gasteiger partial charge in [-0.1, -0.05) is 0 Å². The van der Waals surface area contributed by atoms with Gasteiger partial charge >= 0.3 is 0 Å². The van der Waals surface area contributed by atoms with Crippen molar-refractivity contribution in [2.75, 3.05) is 19.7 Å². The van der Waals surface area contributed by atoms with Crippen molar-refractivity contribution in [1.82, 2.24) is 15.1 Å². The number of rotatable bonds is 3. The van der Waals surface area contributed by atoms with Crippen molar-refractivity contribution in [3.05, 3.63) is 41.6 Å². The average Bonchev–Trinajstić information content (AvgIpc) is 3.02. The molecule has 5 nitrogen and oxygen atoms in total. The Morgan fingerprint density at radius 1 is 1.56 bits per heavy atom. The average molecular weight is 247 g/mol. The van der Waals surface area contributed by atoms with Crippen molar-refractivity contribution in [2.45, 2.75) is 19.6 Å². The number of furan rings is 1. The van der Waals surface area contributed by atoms with Crippen LogP contribution in [-0.4, -0.2) is 34.8 Å². The Kier molecular flexibility index (Phi) is 3.17. The molecular formula is C13H17N3O2. The summed E-state index contributed by atoms with van der Waals surface area (Å²) in [6.45, 7) is 5.48. The molecule has 1 atom stereocenters. The quantitative estimate of drug-likeness (QED) is 0.899. The van der Waals surface area contributed by atoms with E-state index in [0.29, 0.717) is 0 Å². The Bertz CT molecular complexity index is 492. The third-order valence-electron chi connectivity index (χ3n) is 3.33. The SMILES string of the molecule is Cc1cn[nH]c1CN1CCOC(c2ccco2)C1. The lowest BCUT2D eigenvalue weighted by molar-refractivity contribution is -0.0431. The van der Waals surface area contributed by atoms with Gasteiger partial charge in [0.1, 0.15) is 11.9 Å². The van der Waals surface area contributed by atoms with Crippen LogP contribution >= 0.6 is 0 Å². The number of aromatic nitrogens is 2. The molecule has 1 unspecified atom stereocenters. The Morgan fingerprint density at radius 2 is 2.50 bits per heavy atom. The molecular weight excluding hydrogens is 230 g/mol. The number of morpholine rings is 1. The molecule has 0 spiro atoms. The fourth-order valence-electron chi connectivity index (χ4n) is 2.25. The van der Waals surface area contributed by atoms with Gasteiger partial charge in [-0.25, -0.2) is 0 Å². The lowest BCUT2D eigenvalue weighted by Crippen LogP contribution is -2.37. The zero-order chi connectivity index (χ0) is 12.4. The molecule has 1 fully saturated rings. The molecule has 5 heteroatoms. The topological polar surface area (TPSA) is 54.3 Å². The molecule has 0 aromatic carbocycles. The molecule has 2 aromatic heterocycles. The highest BCUT2D eigenvalue weighted by Gasteiger charge is 2.24. The maximum absolute atomic E-state index is 5.74. The van der Waals surface area contributed by atoms with E-state index in [0.717, 1.165) is 32.0 Å². The van der Waals surface area contributed by atoms with Gasteiger partial charge in [-0.15, -0.1) is 0 Å². The first kappa shape index (κ1) is 11.5. The Balaban J connectivity index is 1.66. The Hall–Kier alpha value is -1.59. The van der Waals surface area contributed by atoms with Gasteiger partial charge in [-0.2, -0.15) is 5.10 Å². The number of hydrogen-bond donors (Lipinski definition) is 1. The summed E-state index contributed by atoms with van der Waals surface area (Å²) < 4.78 is 11.1. The van der Waals surface area contributed by atoms with Crippen LogP contribution in [0.4, 0.5) is 0 Å². The van der Waals surface area contributed by atoms with Crippen LogP contribution in [0.15, 0.2) is 29.0 Å². The Labute approximate surface area is 106 Å². The van der Waals surface area contributed by atoms with E-state index in [-0.39, 0.29) is 6.10 Å². The molecule has 3 rings (SSSR count). The van der Waals surface area contributed by atoms with E-state index in [1.54, 1.807) is 6.26 Å². The molecule has 18 heavy (non-hydrogen) atoms. The van der Waals surface area contributed by atoms with E-state index >= 15 is 0 Å². The lowest BCUT2D eigenvalue weighted by atomic mass is 10.2. The molecule has 0 saturated carbocycles. The zero-order valence-corrected chi connectivity index (χ0v) is 10.4. The van der Waals surface area contributed by atoms with Crippen molar-refractivity contribution in [3.8, 4) is 0 Å². The summed E-state index contributed by atoms with van der Waals surface area (Å²) in [4.78, 5) is 2.36. The van der Waals surface area contributed by atoms with Crippen molar-refractivity contribution < 1.29 is 9.15 Å². The fraction of sp³-hybridized carbons (Fsp3) is 0.462. The van der Waals surface area contributed by atoms with Gasteiger partial charge in [0, 0.05) is 19.6 Å². The number of aryl methyl sites for hydroxylation is 1. The highest BCUT2D eigenvalue weighted by atomic mass is 16.5. The zero-order valence-electron chi connectivity index (χ0n) is 10.4. The highest BCUT2D eigenvalue weighted by Crippen LogP contribution is 2.23. The number of hydrogen-bond acceptors (Lipinski definition) is 4. The van der Waals surface area contributed by atoms with Gasteiger partial charge in [0.2, 0.25) is 0 Å². The molecule has 1 aliphatic heterocycles. The third-order valence-corrected chi connectivity index (χ3v) is 3.33. The van der Waals surface area contributed by atoms with E-state index in [2.05, 4.69) is 22.0 Å². The second kappa shape index (κ2) is 4.96. The van der Waals surface area contributed by atoms with Crippen LogP contribution in [0.1, 0.15) is 23.1 Å². The molecule has 3 heterocycles. The highest BCUT2D eigenvalue weighted by molar-refractivity contribution is 5.13. The number of H-pyrrole nitrogens is 1. The number of nitrogens with zero attached hydrogens (tertiary/aromatic N) is 2. The van der Waals surface area contributed by atoms with Gasteiger partial charge < -0.3 is 9.15 Å². The van der Waals surface area contributed by atoms with Gasteiger partial charge in [0.15, 0.2) is 0 Å². The van der Waals surface area contributed by atoms with Crippen LogP contribution in [-0.2, 0) is 11.3 Å². The lowest BCUT2D eigenvalue weighted by Gasteiger charge is -2.31. The molecule has 1 saturated heterocycles. The largest absolute Gasteiger partial charge is 0.467 e. The first-order valence-electron chi connectivity index (χ1n) is 6.19. The van der Waals surface area contributed by atoms with Crippen molar-refractivity contribution in [1.29, 1.82) is 0 Å². The fourth-order valence-corrected chi connectivity index (χ4v) is 2.25. The van der Waals surface area contributed by atoms with Crippen LogP contribution in [0.3, 0.4) is 0 Å². The van der Waals surface area contributed by atoms with E-state index in [9.17, 15) is 0 Å². The van der Waals surface area contributed by atoms with E-state index in [4.69, 9.17) is 9.15 Å². The van der Waals surface area contributed by atoms with Gasteiger partial charge in [-0.3, -0.25) is 10.00 Å². The van der Waals surface area contributed by atoms with Crippen molar-refractivity contribution in [3.63, 3.8) is 0 Å². The molecule has 96 valence electrons. The van der Waals surface area contributed by atoms with Crippen molar-refractivity contribution in [2.24, 2.45) is 0 Å². The smallest absolute Gasteiger partial charge is 0.133 e. The summed E-state index contributed by atoms with van der Waals surface area (Å²) in [5.74, 6) is 0.904. The molecule has 1 N–H and O–H groups in total. The maximum Gasteiger partial charge on any atom is 0.133 e. The molecule has 0 radical (unpaired) electrons. The van der Waals surface area contributed by atoms with Gasteiger partial charge in [-0.05, 0) is 24.6 Å². The van der Waals surface area contributed by atoms with Crippen LogP contribution in [0.25, 0.3) is 0 Å². The summed E-state index contributed by atoms with van der Waals surface area (Å²) in [5, 5.41) is 7.10. The van der Waals surface area contributed by atoms with E-state index in [1.807, 2.05) is 18.3 Å². The summed E-state index contributed by atoms with van der Waals surface area (Å²) in [6.07, 6.45) is 3.59. The minimum atomic E-state index is 0.0389. The van der Waals surface area contributed by atoms with Crippen LogP contribution in [0.2, 0.25) is 0 Å². The Morgan fingerprint density at radius 3 is 3.22 bits per heavy atom. The summed E-state index contributed by atoms with van der Waals surface area (Å²) in [5.41, 5.74) is 2.38. The predicted octanol–water partition coefficient (Wildman–Crippen LogP) is 1.88. The van der Waals surface area contributed by atoms with E-state index in [1.165, 1.54) is 11.3 Å². The first-order valence-corrected chi connectivity index (χ1v) is 6.19. The monoisotopic (exact) mass is 247 g/mol. The predicted molar refractivity (Wildman–Crippen MR) is 66.0 cm³/mol. The molecule has 1 aliphatic rings. The van der Waals surface area contributed by atoms with Gasteiger partial charge in [0.25, 0.3) is 0 Å². The number of ether oxygens (including phenoxy) is 1. The maximum atomic E-state index is 5.74. The second-order valence-corrected chi connectivity index (χ2v) is 4.64. The van der Waals surface area contributed by atoms with Crippen LogP contribution in [0.5, 0.6) is 0 Å². The standard InChI is InChI=1S/C13H17N3O2/c1-10-7-14-15-11(10)8-16-4-6-18-13(9-16)12-3-2-5-17-12/h2-3,5,7,13H,4,6,8-9H2,1H3,(H,14,15). The number of nitrogens with one attached hydrogen (secondary N) is 1. The third kappa shape index (κ3) is 2.32. The summed E-state index contributed by atoms with van der Waals surface area (Å²) in [6, 6.07) is 3.87. The first-order chi connectivity index (χ1) is 8.83. The van der Waals surface area contributed by atoms with Crippen LogP contribution in [0, 0.1) is 6.92 Å². The van der Waals surface area contributed by atoms with Gasteiger partial charge in [0.05, 0.1) is 24.8 Å². The van der Waals surface area contributed by atoms with E-state index < -0.39 is 0 Å². The molecule has 0 bridgehead atoms. The minimum absolute atomic E-state index is 0.0389. The van der Waals surface area contributed by atoms with Crippen molar-refractivity contribution >= 4 is 0 Å². The molecule has 2 aromatic rings.